The molecule has 2 heteroatoms. The minimum atomic E-state index is 0.0799. The van der Waals surface area contributed by atoms with Gasteiger partial charge >= 0.3 is 0 Å². The van der Waals surface area contributed by atoms with E-state index in [1.54, 1.807) is 13.8 Å². The minimum absolute atomic E-state index is 0.0799. The van der Waals surface area contributed by atoms with Gasteiger partial charge in [0.1, 0.15) is 0 Å². The lowest BCUT2D eigenvalue weighted by Gasteiger charge is -2.05. The predicted molar refractivity (Wildman–Crippen MR) is 62.8 cm³/mol. The third-order valence-corrected chi connectivity index (χ3v) is 2.73. The molecule has 0 saturated heterocycles. The fourth-order valence-corrected chi connectivity index (χ4v) is 1.41. The molecular formula is C13H22O2. The normalized spacial score (nSPS) is 12.3. The SMILES string of the molecule is CCCCCC(=O)/C(C)=C(/C)C(=O)CC. The van der Waals surface area contributed by atoms with E-state index in [0.29, 0.717) is 24.0 Å². The monoisotopic (exact) mass is 210 g/mol. The van der Waals surface area contributed by atoms with Gasteiger partial charge in [0, 0.05) is 12.8 Å². The van der Waals surface area contributed by atoms with Crippen LogP contribution in [0.3, 0.4) is 0 Å². The lowest BCUT2D eigenvalue weighted by molar-refractivity contribution is -0.118. The molecule has 0 heterocycles. The van der Waals surface area contributed by atoms with Crippen molar-refractivity contribution in [1.82, 2.24) is 0 Å². The first-order chi connectivity index (χ1) is 7.04. The Morgan fingerprint density at radius 2 is 1.40 bits per heavy atom. The molecule has 0 fully saturated rings. The van der Waals surface area contributed by atoms with Crippen molar-refractivity contribution in [3.63, 3.8) is 0 Å². The number of allylic oxidation sites excluding steroid dienone is 2. The maximum Gasteiger partial charge on any atom is 0.158 e. The van der Waals surface area contributed by atoms with E-state index in [9.17, 15) is 9.59 Å². The largest absolute Gasteiger partial charge is 0.295 e. The van der Waals surface area contributed by atoms with E-state index in [0.717, 1.165) is 19.3 Å². The van der Waals surface area contributed by atoms with Gasteiger partial charge in [0.15, 0.2) is 11.6 Å². The van der Waals surface area contributed by atoms with Crippen molar-refractivity contribution in [3.05, 3.63) is 11.1 Å². The number of rotatable bonds is 7. The fourth-order valence-electron chi connectivity index (χ4n) is 1.41. The zero-order valence-electron chi connectivity index (χ0n) is 10.4. The molecule has 0 unspecified atom stereocenters. The first-order valence-corrected chi connectivity index (χ1v) is 5.78. The van der Waals surface area contributed by atoms with Crippen LogP contribution in [-0.4, -0.2) is 11.6 Å². The van der Waals surface area contributed by atoms with Crippen molar-refractivity contribution in [2.75, 3.05) is 0 Å². The van der Waals surface area contributed by atoms with Crippen molar-refractivity contribution in [2.45, 2.75) is 59.8 Å². The van der Waals surface area contributed by atoms with Crippen LogP contribution >= 0.6 is 0 Å². The zero-order valence-corrected chi connectivity index (χ0v) is 10.4. The van der Waals surface area contributed by atoms with Gasteiger partial charge < -0.3 is 0 Å². The molecule has 0 atom stereocenters. The van der Waals surface area contributed by atoms with Crippen LogP contribution in [0.5, 0.6) is 0 Å². The maximum absolute atomic E-state index is 11.7. The van der Waals surface area contributed by atoms with Crippen LogP contribution in [0.2, 0.25) is 0 Å². The highest BCUT2D eigenvalue weighted by Gasteiger charge is 2.11. The Kier molecular flexibility index (Phi) is 6.93. The molecule has 0 aromatic rings. The van der Waals surface area contributed by atoms with Crippen molar-refractivity contribution < 1.29 is 9.59 Å². The Morgan fingerprint density at radius 1 is 0.867 bits per heavy atom. The van der Waals surface area contributed by atoms with E-state index in [1.165, 1.54) is 0 Å². The smallest absolute Gasteiger partial charge is 0.158 e. The highest BCUT2D eigenvalue weighted by atomic mass is 16.1. The van der Waals surface area contributed by atoms with Crippen LogP contribution in [0, 0.1) is 0 Å². The Bertz CT molecular complexity index is 262. The Balaban J connectivity index is 4.35. The molecule has 2 nitrogen and oxygen atoms in total. The first-order valence-electron chi connectivity index (χ1n) is 5.78. The van der Waals surface area contributed by atoms with Gasteiger partial charge in [0.2, 0.25) is 0 Å². The average Bonchev–Trinajstić information content (AvgIpc) is 2.26. The van der Waals surface area contributed by atoms with E-state index in [1.807, 2.05) is 6.92 Å². The Labute approximate surface area is 92.8 Å². The summed E-state index contributed by atoms with van der Waals surface area (Å²) >= 11 is 0. The van der Waals surface area contributed by atoms with Crippen LogP contribution in [0.15, 0.2) is 11.1 Å². The van der Waals surface area contributed by atoms with Crippen LogP contribution in [-0.2, 0) is 9.59 Å². The molecule has 0 aliphatic heterocycles. The summed E-state index contributed by atoms with van der Waals surface area (Å²) in [6.45, 7) is 7.44. The van der Waals surface area contributed by atoms with E-state index in [4.69, 9.17) is 0 Å². The summed E-state index contributed by atoms with van der Waals surface area (Å²) in [6, 6.07) is 0. The van der Waals surface area contributed by atoms with Gasteiger partial charge in [-0.1, -0.05) is 26.7 Å². The number of unbranched alkanes of at least 4 members (excludes halogenated alkanes) is 2. The summed E-state index contributed by atoms with van der Waals surface area (Å²) in [7, 11) is 0. The van der Waals surface area contributed by atoms with Crippen molar-refractivity contribution in [3.8, 4) is 0 Å². The van der Waals surface area contributed by atoms with Gasteiger partial charge in [0.05, 0.1) is 0 Å². The van der Waals surface area contributed by atoms with E-state index < -0.39 is 0 Å². The third kappa shape index (κ3) is 4.91. The summed E-state index contributed by atoms with van der Waals surface area (Å²) in [5.41, 5.74) is 1.29. The van der Waals surface area contributed by atoms with E-state index >= 15 is 0 Å². The van der Waals surface area contributed by atoms with E-state index in [2.05, 4.69) is 6.92 Å². The molecule has 0 rings (SSSR count). The van der Waals surface area contributed by atoms with Crippen LogP contribution < -0.4 is 0 Å². The highest BCUT2D eigenvalue weighted by molar-refractivity contribution is 6.05. The summed E-state index contributed by atoms with van der Waals surface area (Å²) in [6.07, 6.45) is 4.18. The number of hydrogen-bond acceptors (Lipinski definition) is 2. The van der Waals surface area contributed by atoms with Gasteiger partial charge in [0.25, 0.3) is 0 Å². The molecule has 0 aliphatic rings. The Morgan fingerprint density at radius 3 is 1.87 bits per heavy atom. The number of carbonyl (C=O) groups is 2. The number of ketones is 2. The molecule has 0 aromatic heterocycles. The number of hydrogen-bond donors (Lipinski definition) is 0. The topological polar surface area (TPSA) is 34.1 Å². The molecule has 0 radical (unpaired) electrons. The van der Waals surface area contributed by atoms with Crippen LogP contribution in [0.4, 0.5) is 0 Å². The summed E-state index contributed by atoms with van der Waals surface area (Å²) in [5, 5.41) is 0. The second-order valence-corrected chi connectivity index (χ2v) is 3.91. The molecule has 86 valence electrons. The van der Waals surface area contributed by atoms with Crippen molar-refractivity contribution >= 4 is 11.6 Å². The van der Waals surface area contributed by atoms with Crippen molar-refractivity contribution in [2.24, 2.45) is 0 Å². The molecule has 0 spiro atoms. The van der Waals surface area contributed by atoms with Crippen LogP contribution in [0.25, 0.3) is 0 Å². The fraction of sp³-hybridized carbons (Fsp3) is 0.692. The van der Waals surface area contributed by atoms with Crippen LogP contribution in [0.1, 0.15) is 59.8 Å². The maximum atomic E-state index is 11.7. The molecule has 0 aromatic carbocycles. The van der Waals surface area contributed by atoms with Gasteiger partial charge in [-0.05, 0) is 31.4 Å². The average molecular weight is 210 g/mol. The summed E-state index contributed by atoms with van der Waals surface area (Å²) in [4.78, 5) is 23.0. The van der Waals surface area contributed by atoms with Gasteiger partial charge in [-0.15, -0.1) is 0 Å². The Hall–Kier alpha value is -0.920. The lowest BCUT2D eigenvalue weighted by atomic mass is 9.99. The minimum Gasteiger partial charge on any atom is -0.295 e. The second kappa shape index (κ2) is 7.38. The molecule has 0 aliphatic carbocycles. The molecular weight excluding hydrogens is 188 g/mol. The molecule has 0 amide bonds. The third-order valence-electron chi connectivity index (χ3n) is 2.73. The van der Waals surface area contributed by atoms with Gasteiger partial charge in [-0.2, -0.15) is 0 Å². The molecule has 0 saturated carbocycles. The highest BCUT2D eigenvalue weighted by Crippen LogP contribution is 2.12. The summed E-state index contributed by atoms with van der Waals surface area (Å²) in [5.74, 6) is 0.207. The number of carbonyl (C=O) groups excluding carboxylic acids is 2. The predicted octanol–water partition coefficient (Wildman–Crippen LogP) is 3.45. The zero-order chi connectivity index (χ0) is 11.8. The second-order valence-electron chi connectivity index (χ2n) is 3.91. The first kappa shape index (κ1) is 14.1. The molecule has 0 N–H and O–H groups in total. The van der Waals surface area contributed by atoms with E-state index in [-0.39, 0.29) is 11.6 Å². The van der Waals surface area contributed by atoms with Gasteiger partial charge in [-0.3, -0.25) is 9.59 Å². The van der Waals surface area contributed by atoms with Gasteiger partial charge in [-0.25, -0.2) is 0 Å². The number of Topliss-reactive ketones (excluding diaryl/α,β-unsaturated/α-hetero) is 2. The molecule has 0 bridgehead atoms. The quantitative estimate of drug-likeness (QED) is 0.476. The summed E-state index contributed by atoms with van der Waals surface area (Å²) < 4.78 is 0. The lowest BCUT2D eigenvalue weighted by Crippen LogP contribution is -2.07. The van der Waals surface area contributed by atoms with Crippen molar-refractivity contribution in [1.29, 1.82) is 0 Å². The standard InChI is InChI=1S/C13H22O2/c1-5-7-8-9-13(15)11(4)10(3)12(14)6-2/h5-9H2,1-4H3/b11-10-. The molecule has 15 heavy (non-hydrogen) atoms.